The number of carboxylic acids is 4. The Morgan fingerprint density at radius 2 is 1.21 bits per heavy atom. The second kappa shape index (κ2) is 28.5. The van der Waals surface area contributed by atoms with Crippen molar-refractivity contribution in [1.29, 1.82) is 0 Å². The zero-order valence-electron chi connectivity index (χ0n) is 34.0. The van der Waals surface area contributed by atoms with Crippen LogP contribution in [0.1, 0.15) is 33.9 Å². The quantitative estimate of drug-likeness (QED) is 0.0365. The Morgan fingerprint density at radius 1 is 0.705 bits per heavy atom. The number of benzene rings is 1. The molecule has 2 aromatic carbocycles. The second-order valence-electron chi connectivity index (χ2n) is 12.4. The molecule has 328 valence electrons. The Hall–Kier alpha value is -5.94. The van der Waals surface area contributed by atoms with Crippen molar-refractivity contribution in [3.8, 4) is 34.1 Å². The third-order valence-corrected chi connectivity index (χ3v) is 8.26. The first-order valence-corrected chi connectivity index (χ1v) is 18.2. The van der Waals surface area contributed by atoms with Crippen LogP contribution in [-0.2, 0) is 45.7 Å². The molecule has 61 heavy (non-hydrogen) atoms. The van der Waals surface area contributed by atoms with Crippen molar-refractivity contribution < 1.29 is 83.5 Å². The second-order valence-corrected chi connectivity index (χ2v) is 12.4. The summed E-state index contributed by atoms with van der Waals surface area (Å²) in [5.74, 6) is 3.41. The summed E-state index contributed by atoms with van der Waals surface area (Å²) in [5.41, 5.74) is 5.53. The molecule has 0 saturated heterocycles. The number of nitrogens with two attached hydrogens (primary N) is 1. The summed E-state index contributed by atoms with van der Waals surface area (Å²) in [4.78, 5) is 70.1. The number of pyridine rings is 1. The number of methoxy groups -OCH3 is 4. The molecule has 1 amide bonds. The number of hydrogen-bond donors (Lipinski definition) is 11. The van der Waals surface area contributed by atoms with Crippen LogP contribution < -0.4 is 62.2 Å². The summed E-state index contributed by atoms with van der Waals surface area (Å²) >= 11 is 0. The number of carboxylic acid groups (broad SMARTS) is 4. The number of nitrogens with one attached hydrogen (secondary N) is 6. The molecule has 22 nitrogen and oxygen atoms in total. The Balaban J connectivity index is 0.000000613. The van der Waals surface area contributed by atoms with Gasteiger partial charge in [0, 0.05) is 37.9 Å². The normalized spacial score (nSPS) is 12.0. The van der Waals surface area contributed by atoms with E-state index in [4.69, 9.17) is 45.2 Å². The number of ether oxygens (including phenoxy) is 4. The van der Waals surface area contributed by atoms with Gasteiger partial charge in [-0.3, -0.25) is 28.8 Å². The first-order valence-electron chi connectivity index (χ1n) is 18.2. The number of nitrogen functional groups attached to an aromatic ring is 1. The topological polar surface area (TPSA) is 331 Å². The molecule has 1 aromatic heterocycles. The molecule has 0 spiro atoms. The van der Waals surface area contributed by atoms with Crippen LogP contribution in [0, 0.1) is 0 Å². The van der Waals surface area contributed by atoms with Gasteiger partial charge in [0.25, 0.3) is 5.91 Å². The molecule has 1 heterocycles. The van der Waals surface area contributed by atoms with Crippen molar-refractivity contribution in [2.45, 2.75) is 18.9 Å². The zero-order chi connectivity index (χ0) is 44.6. The van der Waals surface area contributed by atoms with Crippen LogP contribution in [0.15, 0.2) is 47.4 Å². The van der Waals surface area contributed by atoms with E-state index in [0.29, 0.717) is 78.8 Å². The summed E-state index contributed by atoms with van der Waals surface area (Å²) in [6.45, 7) is 1.37. The summed E-state index contributed by atoms with van der Waals surface area (Å²) < 4.78 is 22.2. The molecule has 4 rings (SSSR count). The van der Waals surface area contributed by atoms with Gasteiger partial charge in [-0.2, -0.15) is 0 Å². The van der Waals surface area contributed by atoms with Gasteiger partial charge in [0.1, 0.15) is 5.82 Å². The first kappa shape index (κ1) is 53.1. The molecule has 0 bridgehead atoms. The molecule has 0 unspecified atom stereocenters. The number of rotatable bonds is 21. The van der Waals surface area contributed by atoms with Gasteiger partial charge in [-0.1, -0.05) is 6.07 Å². The standard InChI is InChI=1S/C26H28N4O6.2C6H12N2O4.Tc/c1-33-20-9-7-16-17(12-19(20)31)18(29-26(32)15-6-10-22(30-27)28-13-15)8-5-14-11-21(34-2)24(35-3)25(36-4)23(14)16;2*9-5(10)3-7-1-2-8-4-6(11)12;/h6-7,9-13,18H,5,8,27H2,1-4H3,(H,28,30)(H,29,32);2*7-8H,1-4H2,(H,9,10)(H,11,12);/q;;;+7/t18-;;;/m0.../s1/i;;;1+1. The van der Waals surface area contributed by atoms with E-state index in [1.165, 1.54) is 26.5 Å². The van der Waals surface area contributed by atoms with Gasteiger partial charge in [-0.05, 0) is 59.9 Å². The summed E-state index contributed by atoms with van der Waals surface area (Å²) in [6, 6.07) is 9.56. The van der Waals surface area contributed by atoms with Gasteiger partial charge in [0.15, 0.2) is 17.2 Å². The minimum Gasteiger partial charge on any atom is -0.493 e. The number of aliphatic carboxylic acids is 4. The molecule has 0 radical (unpaired) electrons. The van der Waals surface area contributed by atoms with Crippen LogP contribution in [0.4, 0.5) is 5.82 Å². The predicted molar refractivity (Wildman–Crippen MR) is 217 cm³/mol. The summed E-state index contributed by atoms with van der Waals surface area (Å²) in [6.07, 6.45) is 2.53. The van der Waals surface area contributed by atoms with E-state index in [2.05, 4.69) is 37.0 Å². The molecule has 23 heteroatoms. The SMILES string of the molecule is COc1cc2c(c(OC)c1OC)-c1ccc(OC)c(=O)cc1[C@@H](NC(=O)c1ccc(NN)nc1)CC2.O=C(O)CNCCNCC(=O)O.O=C(O)CNCCNCC(=O)O.[99Tc+7]. The molecule has 1 aliphatic carbocycles. The van der Waals surface area contributed by atoms with E-state index < -0.39 is 29.9 Å². The van der Waals surface area contributed by atoms with Gasteiger partial charge in [0.05, 0.1) is 66.2 Å². The van der Waals surface area contributed by atoms with Crippen LogP contribution in [0.25, 0.3) is 11.1 Å². The van der Waals surface area contributed by atoms with E-state index >= 15 is 0 Å². The van der Waals surface area contributed by atoms with Crippen LogP contribution in [-0.4, -0.2) is 136 Å². The van der Waals surface area contributed by atoms with Crippen molar-refractivity contribution in [1.82, 2.24) is 31.6 Å². The molecule has 0 saturated carbocycles. The molecule has 1 aliphatic rings. The Morgan fingerprint density at radius 3 is 1.62 bits per heavy atom. The van der Waals surface area contributed by atoms with Gasteiger partial charge >= 0.3 is 44.0 Å². The smallest absolute Gasteiger partial charge is 0.493 e. The number of nitrogens with zero attached hydrogens (tertiary/aromatic N) is 1. The van der Waals surface area contributed by atoms with Gasteiger partial charge < -0.3 is 71.4 Å². The number of anilines is 1. The minimum atomic E-state index is -0.923. The molecule has 12 N–H and O–H groups in total. The maximum Gasteiger partial charge on any atom is 7.00 e. The summed E-state index contributed by atoms with van der Waals surface area (Å²) in [7, 11) is 6.09. The average Bonchev–Trinajstić information content (AvgIpc) is 3.47. The number of carbonyl (C=O) groups excluding carboxylic acids is 1. The third-order valence-electron chi connectivity index (χ3n) is 8.26. The Bertz CT molecular complexity index is 1900. The Kier molecular flexibility index (Phi) is 24.8. The largest absolute Gasteiger partial charge is 7.00 e. The predicted octanol–water partition coefficient (Wildman–Crippen LogP) is -0.487. The van der Waals surface area contributed by atoms with Gasteiger partial charge in [-0.15, -0.1) is 0 Å². The number of hydrazine groups is 1. The van der Waals surface area contributed by atoms with Crippen molar-refractivity contribution in [2.24, 2.45) is 5.84 Å². The van der Waals surface area contributed by atoms with Crippen LogP contribution in [0.5, 0.6) is 23.0 Å². The molecule has 0 aliphatic heterocycles. The zero-order valence-corrected chi connectivity index (χ0v) is 35.8. The van der Waals surface area contributed by atoms with E-state index in [1.807, 2.05) is 6.07 Å². The maximum absolute atomic E-state index is 13.1. The number of carbonyl (C=O) groups is 5. The van der Waals surface area contributed by atoms with E-state index in [1.54, 1.807) is 38.5 Å². The van der Waals surface area contributed by atoms with E-state index in [9.17, 15) is 28.8 Å². The molecule has 3 aromatic rings. The first-order chi connectivity index (χ1) is 28.7. The van der Waals surface area contributed by atoms with E-state index in [0.717, 1.165) is 11.1 Å². The number of aromatic nitrogens is 1. The molecule has 0 fully saturated rings. The van der Waals surface area contributed by atoms with E-state index in [-0.39, 0.29) is 63.4 Å². The van der Waals surface area contributed by atoms with Crippen LogP contribution in [0.2, 0.25) is 0 Å². The maximum atomic E-state index is 13.1. The minimum absolute atomic E-state index is 0. The van der Waals surface area contributed by atoms with Crippen molar-refractivity contribution in [3.05, 3.63) is 69.5 Å². The van der Waals surface area contributed by atoms with Gasteiger partial charge in [0.2, 0.25) is 11.2 Å². The number of amides is 1. The van der Waals surface area contributed by atoms with Crippen molar-refractivity contribution in [2.75, 3.05) is 86.2 Å². The number of fused-ring (bicyclic) bond motifs is 3. The average molecular weight is 944 g/mol. The number of aryl methyl sites for hydroxylation is 1. The third kappa shape index (κ3) is 18.1. The summed E-state index contributed by atoms with van der Waals surface area (Å²) in [5, 5.41) is 46.2. The van der Waals surface area contributed by atoms with Crippen molar-refractivity contribution in [3.63, 3.8) is 0 Å². The number of hydrogen-bond acceptors (Lipinski definition) is 17. The molecule has 1 atom stereocenters. The van der Waals surface area contributed by atoms with Crippen LogP contribution in [0.3, 0.4) is 0 Å². The molecular weight excluding hydrogens is 891 g/mol. The fourth-order valence-corrected chi connectivity index (χ4v) is 5.61. The fourth-order valence-electron chi connectivity index (χ4n) is 5.61. The fraction of sp³-hybridized carbons (Fsp3) is 0.395. The van der Waals surface area contributed by atoms with Crippen molar-refractivity contribution >= 4 is 35.6 Å². The van der Waals surface area contributed by atoms with Crippen LogP contribution >= 0.6 is 0 Å². The monoisotopic (exact) mass is 943 g/mol. The molecular formula is C38H52N8O14Tc+7. The van der Waals surface area contributed by atoms with Gasteiger partial charge in [-0.25, -0.2) is 10.8 Å². The Labute approximate surface area is 364 Å².